The summed E-state index contributed by atoms with van der Waals surface area (Å²) >= 11 is 0. The number of unbranched alkanes of at least 4 members (excludes halogenated alkanes) is 7. The van der Waals surface area contributed by atoms with E-state index in [9.17, 15) is 9.59 Å². The number of ether oxygens (including phenoxy) is 1. The summed E-state index contributed by atoms with van der Waals surface area (Å²) in [5, 5.41) is 0. The van der Waals surface area contributed by atoms with Gasteiger partial charge in [0.15, 0.2) is 5.78 Å². The molecule has 0 heterocycles. The Bertz CT molecular complexity index is 724. The van der Waals surface area contributed by atoms with Gasteiger partial charge in [0, 0.05) is 18.3 Å². The molecule has 3 saturated carbocycles. The molecule has 186 valence electrons. The highest BCUT2D eigenvalue weighted by molar-refractivity contribution is 5.91. The lowest BCUT2D eigenvalue weighted by molar-refractivity contribution is -0.159. The predicted molar refractivity (Wildman–Crippen MR) is 134 cm³/mol. The van der Waals surface area contributed by atoms with Gasteiger partial charge in [-0.2, -0.15) is 0 Å². The van der Waals surface area contributed by atoms with Crippen molar-refractivity contribution in [1.82, 2.24) is 0 Å². The van der Waals surface area contributed by atoms with E-state index in [-0.39, 0.29) is 17.5 Å². The third-order valence-electron chi connectivity index (χ3n) is 10.1. The van der Waals surface area contributed by atoms with Crippen molar-refractivity contribution < 1.29 is 14.3 Å². The van der Waals surface area contributed by atoms with Gasteiger partial charge in [-0.05, 0) is 80.6 Å². The number of allylic oxidation sites excluding steroid dienone is 1. The first-order valence-corrected chi connectivity index (χ1v) is 14.4. The maximum Gasteiger partial charge on any atom is 0.306 e. The summed E-state index contributed by atoms with van der Waals surface area (Å²) in [6.45, 7) is 7.10. The average molecular weight is 457 g/mol. The highest BCUT2D eigenvalue weighted by Gasteiger charge is 2.58. The molecule has 7 atom stereocenters. The van der Waals surface area contributed by atoms with Crippen LogP contribution in [0.2, 0.25) is 0 Å². The molecule has 3 heteroatoms. The lowest BCUT2D eigenvalue weighted by Crippen LogP contribution is -2.50. The minimum absolute atomic E-state index is 0.0442. The van der Waals surface area contributed by atoms with Crippen molar-refractivity contribution in [2.75, 3.05) is 0 Å². The molecule has 0 bridgehead atoms. The van der Waals surface area contributed by atoms with Crippen LogP contribution in [0, 0.1) is 35.0 Å². The molecule has 33 heavy (non-hydrogen) atoms. The fourth-order valence-corrected chi connectivity index (χ4v) is 8.35. The van der Waals surface area contributed by atoms with E-state index in [0.717, 1.165) is 50.4 Å². The number of rotatable bonds is 10. The Hall–Kier alpha value is -1.12. The van der Waals surface area contributed by atoms with Crippen LogP contribution in [0.25, 0.3) is 0 Å². The van der Waals surface area contributed by atoms with Crippen LogP contribution in [0.5, 0.6) is 0 Å². The van der Waals surface area contributed by atoms with Crippen molar-refractivity contribution in [3.63, 3.8) is 0 Å². The van der Waals surface area contributed by atoms with Gasteiger partial charge in [0.05, 0.1) is 0 Å². The van der Waals surface area contributed by atoms with Gasteiger partial charge in [-0.25, -0.2) is 0 Å². The van der Waals surface area contributed by atoms with E-state index in [1.165, 1.54) is 63.4 Å². The molecule has 4 rings (SSSR count). The van der Waals surface area contributed by atoms with Crippen LogP contribution in [0.3, 0.4) is 0 Å². The molecule has 0 aromatic heterocycles. The molecule has 0 aromatic rings. The Morgan fingerprint density at radius 1 is 1.03 bits per heavy atom. The second-order valence-corrected chi connectivity index (χ2v) is 12.2. The normalized spacial score (nSPS) is 37.7. The van der Waals surface area contributed by atoms with E-state index in [1.807, 2.05) is 6.08 Å². The quantitative estimate of drug-likeness (QED) is 0.249. The smallest absolute Gasteiger partial charge is 0.306 e. The molecule has 3 nitrogen and oxygen atoms in total. The van der Waals surface area contributed by atoms with Crippen molar-refractivity contribution in [3.8, 4) is 0 Å². The summed E-state index contributed by atoms with van der Waals surface area (Å²) in [5.74, 6) is 3.80. The molecule has 3 fully saturated rings. The molecule has 0 amide bonds. The second-order valence-electron chi connectivity index (χ2n) is 12.2. The predicted octanol–water partition coefficient (Wildman–Crippen LogP) is 7.82. The average Bonchev–Trinajstić information content (AvgIpc) is 3.11. The molecule has 0 unspecified atom stereocenters. The molecule has 4 aliphatic carbocycles. The van der Waals surface area contributed by atoms with E-state index in [2.05, 4.69) is 20.8 Å². The first-order chi connectivity index (χ1) is 15.9. The molecule has 4 aliphatic rings. The molecule has 0 radical (unpaired) electrons. The Kier molecular flexibility index (Phi) is 8.39. The van der Waals surface area contributed by atoms with E-state index >= 15 is 0 Å². The van der Waals surface area contributed by atoms with Crippen LogP contribution in [0.15, 0.2) is 11.6 Å². The zero-order chi connectivity index (χ0) is 23.4. The van der Waals surface area contributed by atoms with Crippen molar-refractivity contribution in [2.45, 2.75) is 130 Å². The number of fused-ring (bicyclic) bond motifs is 5. The Labute approximate surface area is 202 Å². The second kappa shape index (κ2) is 11.1. The minimum Gasteiger partial charge on any atom is -0.462 e. The standard InChI is InChI=1S/C30H48O3/c1-4-5-6-7-8-9-10-11-12-28(32)33-27-16-15-26-29-21(2)19-22-20-23(31)13-14-24(22)25(29)17-18-30(26,27)3/h20-21,24-27,29H,4-19H2,1-3H3/t21-,24+,25-,26+,27+,29-,30+/m1/s1. The van der Waals surface area contributed by atoms with E-state index in [0.29, 0.717) is 30.0 Å². The lowest BCUT2D eigenvalue weighted by atomic mass is 9.49. The zero-order valence-electron chi connectivity index (χ0n) is 21.6. The Balaban J connectivity index is 1.27. The fraction of sp³-hybridized carbons (Fsp3) is 0.867. The summed E-state index contributed by atoms with van der Waals surface area (Å²) in [7, 11) is 0. The van der Waals surface area contributed by atoms with Gasteiger partial charge in [0.2, 0.25) is 0 Å². The third kappa shape index (κ3) is 5.43. The molecule has 0 spiro atoms. The van der Waals surface area contributed by atoms with Crippen molar-refractivity contribution in [1.29, 1.82) is 0 Å². The Morgan fingerprint density at radius 3 is 2.52 bits per heavy atom. The van der Waals surface area contributed by atoms with Crippen molar-refractivity contribution >= 4 is 11.8 Å². The molecule has 0 aromatic carbocycles. The van der Waals surface area contributed by atoms with Crippen LogP contribution in [-0.4, -0.2) is 17.9 Å². The summed E-state index contributed by atoms with van der Waals surface area (Å²) in [6.07, 6.45) is 20.4. The summed E-state index contributed by atoms with van der Waals surface area (Å²) in [5.41, 5.74) is 1.60. The maximum atomic E-state index is 12.7. The van der Waals surface area contributed by atoms with Gasteiger partial charge in [0.1, 0.15) is 6.10 Å². The highest BCUT2D eigenvalue weighted by atomic mass is 16.5. The first-order valence-electron chi connectivity index (χ1n) is 14.4. The number of hydrogen-bond acceptors (Lipinski definition) is 3. The van der Waals surface area contributed by atoms with Crippen molar-refractivity contribution in [3.05, 3.63) is 11.6 Å². The minimum atomic E-state index is 0.0442. The van der Waals surface area contributed by atoms with Crippen LogP contribution < -0.4 is 0 Å². The molecular weight excluding hydrogens is 408 g/mol. The molecule has 0 aliphatic heterocycles. The van der Waals surface area contributed by atoms with E-state index in [1.54, 1.807) is 0 Å². The van der Waals surface area contributed by atoms with Gasteiger partial charge < -0.3 is 4.74 Å². The van der Waals surface area contributed by atoms with E-state index in [4.69, 9.17) is 4.74 Å². The molecular formula is C30H48O3. The maximum absolute atomic E-state index is 12.7. The SMILES string of the molecule is CCCCCCCCCCC(=O)O[C@H]1CC[C@H]2[C@H]3[C@H](CC[C@]12C)[C@H]1CCC(=O)C=C1C[C@H]3C. The molecule has 0 saturated heterocycles. The number of carbonyl (C=O) groups excluding carboxylic acids is 2. The number of carbonyl (C=O) groups is 2. The van der Waals surface area contributed by atoms with Gasteiger partial charge in [0.25, 0.3) is 0 Å². The van der Waals surface area contributed by atoms with Crippen LogP contribution in [0.4, 0.5) is 0 Å². The molecule has 0 N–H and O–H groups in total. The summed E-state index contributed by atoms with van der Waals surface area (Å²) < 4.78 is 6.18. The first kappa shape index (κ1) is 25.0. The third-order valence-corrected chi connectivity index (χ3v) is 10.1. The largest absolute Gasteiger partial charge is 0.462 e. The van der Waals surface area contributed by atoms with Gasteiger partial charge in [-0.15, -0.1) is 0 Å². The monoisotopic (exact) mass is 456 g/mol. The van der Waals surface area contributed by atoms with Crippen LogP contribution in [0.1, 0.15) is 124 Å². The fourth-order valence-electron chi connectivity index (χ4n) is 8.35. The van der Waals surface area contributed by atoms with Gasteiger partial charge in [-0.3, -0.25) is 9.59 Å². The number of ketones is 1. The number of esters is 1. The van der Waals surface area contributed by atoms with Gasteiger partial charge >= 0.3 is 5.97 Å². The lowest BCUT2D eigenvalue weighted by Gasteiger charge is -2.55. The summed E-state index contributed by atoms with van der Waals surface area (Å²) in [4.78, 5) is 24.7. The summed E-state index contributed by atoms with van der Waals surface area (Å²) in [6, 6.07) is 0. The highest BCUT2D eigenvalue weighted by Crippen LogP contribution is 2.63. The topological polar surface area (TPSA) is 43.4 Å². The van der Waals surface area contributed by atoms with Crippen LogP contribution in [-0.2, 0) is 14.3 Å². The number of hydrogen-bond donors (Lipinski definition) is 0. The zero-order valence-corrected chi connectivity index (χ0v) is 21.6. The Morgan fingerprint density at radius 2 is 1.76 bits per heavy atom. The van der Waals surface area contributed by atoms with Gasteiger partial charge in [-0.1, -0.05) is 71.3 Å². The van der Waals surface area contributed by atoms with Crippen LogP contribution >= 0.6 is 0 Å². The van der Waals surface area contributed by atoms with E-state index < -0.39 is 0 Å². The van der Waals surface area contributed by atoms with Crippen molar-refractivity contribution in [2.24, 2.45) is 35.0 Å².